The van der Waals surface area contributed by atoms with Gasteiger partial charge in [-0.2, -0.15) is 0 Å². The van der Waals surface area contributed by atoms with Crippen LogP contribution >= 0.6 is 21.6 Å². The molecule has 0 aromatic heterocycles. The number of amides is 11. The first kappa shape index (κ1) is 58.0. The monoisotopic (exact) mass is 1050 g/mol. The van der Waals surface area contributed by atoms with Gasteiger partial charge in [0.1, 0.15) is 48.0 Å². The van der Waals surface area contributed by atoms with Gasteiger partial charge in [-0.1, -0.05) is 64.1 Å². The number of rotatable bonds is 18. The smallest absolute Gasteiger partial charge is 0.246 e. The minimum Gasteiger partial charge on any atom is -0.508 e. The Hall–Kier alpha value is -7.62. The highest BCUT2D eigenvalue weighted by Gasteiger charge is 2.40. The van der Waals surface area contributed by atoms with E-state index in [1.165, 1.54) is 17.0 Å². The summed E-state index contributed by atoms with van der Waals surface area (Å²) < 4.78 is 0. The molecule has 28 heteroatoms. The van der Waals surface area contributed by atoms with Crippen molar-refractivity contribution in [3.63, 3.8) is 0 Å². The van der Waals surface area contributed by atoms with Gasteiger partial charge in [-0.25, -0.2) is 0 Å². The Morgan fingerprint density at radius 1 is 0.712 bits per heavy atom. The van der Waals surface area contributed by atoms with E-state index in [0.717, 1.165) is 21.6 Å². The second-order valence-corrected chi connectivity index (χ2v) is 19.6. The fourth-order valence-electron chi connectivity index (χ4n) is 7.64. The highest BCUT2D eigenvalue weighted by Crippen LogP contribution is 2.26. The van der Waals surface area contributed by atoms with Crippen molar-refractivity contribution in [1.82, 2.24) is 42.1 Å². The summed E-state index contributed by atoms with van der Waals surface area (Å²) in [5, 5.41) is 27.5. The maximum atomic E-state index is 14.5. The number of aliphatic imine (C=N–C) groups is 1. The summed E-state index contributed by atoms with van der Waals surface area (Å²) in [7, 11) is 2.17. The summed E-state index contributed by atoms with van der Waals surface area (Å²) in [5.41, 5.74) is 28.1. The van der Waals surface area contributed by atoms with Crippen molar-refractivity contribution in [2.75, 3.05) is 31.1 Å². The van der Waals surface area contributed by atoms with E-state index in [1.807, 2.05) is 0 Å². The standard InChI is InChI=1S/C45H62N14O12S2/c46-34(61)20-30-41(68)57-31(21-35(47)62)42(69)58-32(44(71)59-16-5-9-33(59)43(70)54-27(8-4-15-51-45(49)50)38(65)52-22-36(48)63)23-73-72-17-14-37(64)53-28(19-25-10-12-26(60)13-11-25)39(66)55-29(40(67)56-30)18-24-6-2-1-3-7-24/h1-3,6-7,10-13,27-33,60H,4-5,8-9,14-23H2,(H2,46,61)(H2,47,62)(H2,48,63)(H,52,65)(H,53,64)(H,54,70)(H,55,66)(H,56,67)(H,57,68)(H,58,69)(H4,49,50,51)/t27-,28-,29-,30-,31-,32-,33-/m0/s1. The molecule has 0 saturated carbocycles. The van der Waals surface area contributed by atoms with Gasteiger partial charge < -0.3 is 75.9 Å². The lowest BCUT2D eigenvalue weighted by molar-refractivity contribution is -0.142. The van der Waals surface area contributed by atoms with Crippen LogP contribution < -0.4 is 65.9 Å². The number of aromatic hydroxyl groups is 1. The molecule has 0 radical (unpaired) electrons. The third kappa shape index (κ3) is 19.8. The summed E-state index contributed by atoms with van der Waals surface area (Å²) in [4.78, 5) is 153. The highest BCUT2D eigenvalue weighted by molar-refractivity contribution is 8.76. The molecule has 2 saturated heterocycles. The maximum Gasteiger partial charge on any atom is 0.246 e. The Bertz CT molecular complexity index is 2360. The van der Waals surface area contributed by atoms with Crippen LogP contribution in [0.4, 0.5) is 0 Å². The van der Waals surface area contributed by atoms with E-state index in [4.69, 9.17) is 28.7 Å². The quantitative estimate of drug-likeness (QED) is 0.0289. The largest absolute Gasteiger partial charge is 0.508 e. The molecule has 2 aromatic carbocycles. The molecule has 4 rings (SSSR count). The minimum absolute atomic E-state index is 0.00976. The van der Waals surface area contributed by atoms with Crippen LogP contribution in [-0.2, 0) is 65.6 Å². The Kier molecular flexibility index (Phi) is 23.0. The predicted molar refractivity (Wildman–Crippen MR) is 268 cm³/mol. The lowest BCUT2D eigenvalue weighted by Crippen LogP contribution is -2.61. The van der Waals surface area contributed by atoms with E-state index in [9.17, 15) is 57.8 Å². The third-order valence-electron chi connectivity index (χ3n) is 11.2. The summed E-state index contributed by atoms with van der Waals surface area (Å²) in [6.45, 7) is -0.413. The van der Waals surface area contributed by atoms with Crippen molar-refractivity contribution in [2.24, 2.45) is 33.7 Å². The SMILES string of the molecule is NC(=O)CNC(=O)[C@H](CCCN=C(N)N)NC(=O)[C@@H]1CCCN1C(=O)[C@@H]1CSSCCC(=O)N[C@@H](Cc2ccc(O)cc2)C(=O)N[C@@H](Cc2ccccc2)C(=O)N[C@@H](CC(N)=O)C(=O)N[C@@H](CC(N)=O)C(=O)N1. The predicted octanol–water partition coefficient (Wildman–Crippen LogP) is -4.73. The average molecular weight is 1060 g/mol. The van der Waals surface area contributed by atoms with Crippen molar-refractivity contribution < 1.29 is 57.8 Å². The van der Waals surface area contributed by atoms with E-state index in [0.29, 0.717) is 17.5 Å². The highest BCUT2D eigenvalue weighted by atomic mass is 33.1. The number of nitrogens with two attached hydrogens (primary N) is 5. The number of carbonyl (C=O) groups is 11. The Labute approximate surface area is 427 Å². The summed E-state index contributed by atoms with van der Waals surface area (Å²) in [6.07, 6.45) is -1.39. The molecule has 0 bridgehead atoms. The molecule has 0 spiro atoms. The molecule has 2 aliphatic rings. The number of benzene rings is 2. The fourth-order valence-corrected chi connectivity index (χ4v) is 9.78. The number of phenolic OH excluding ortho intramolecular Hbond substituents is 1. The zero-order valence-electron chi connectivity index (χ0n) is 39.7. The molecule has 11 amide bonds. The van der Waals surface area contributed by atoms with Crippen LogP contribution in [0.5, 0.6) is 5.75 Å². The number of phenols is 1. The second-order valence-electron chi connectivity index (χ2n) is 17.0. The van der Waals surface area contributed by atoms with Crippen molar-refractivity contribution in [1.29, 1.82) is 0 Å². The van der Waals surface area contributed by atoms with E-state index >= 15 is 0 Å². The van der Waals surface area contributed by atoms with Crippen LogP contribution in [0.15, 0.2) is 59.6 Å². The van der Waals surface area contributed by atoms with Gasteiger partial charge >= 0.3 is 0 Å². The fraction of sp³-hybridized carbons (Fsp3) is 0.467. The van der Waals surface area contributed by atoms with Crippen molar-refractivity contribution in [2.45, 2.75) is 100 Å². The van der Waals surface area contributed by atoms with E-state index in [1.54, 1.807) is 42.5 Å². The number of primary amides is 3. The van der Waals surface area contributed by atoms with Crippen LogP contribution in [0.2, 0.25) is 0 Å². The van der Waals surface area contributed by atoms with Crippen LogP contribution in [0.3, 0.4) is 0 Å². The molecule has 0 aliphatic carbocycles. The third-order valence-corrected chi connectivity index (χ3v) is 13.6. The molecule has 26 nitrogen and oxygen atoms in total. The van der Waals surface area contributed by atoms with Gasteiger partial charge in [-0.05, 0) is 48.9 Å². The molecule has 2 heterocycles. The van der Waals surface area contributed by atoms with Crippen LogP contribution in [0.1, 0.15) is 56.1 Å². The molecular formula is C45H62N14O12S2. The first-order valence-corrected chi connectivity index (χ1v) is 25.5. The Morgan fingerprint density at radius 3 is 1.86 bits per heavy atom. The molecule has 0 unspecified atom stereocenters. The molecule has 2 aliphatic heterocycles. The Balaban J connectivity index is 1.67. The summed E-state index contributed by atoms with van der Waals surface area (Å²) in [5.74, 6) is -10.3. The number of nitrogens with zero attached hydrogens (tertiary/aromatic N) is 2. The molecule has 7 atom stereocenters. The average Bonchev–Trinajstić information content (AvgIpc) is 3.83. The first-order valence-electron chi connectivity index (χ1n) is 23.1. The van der Waals surface area contributed by atoms with Crippen LogP contribution in [0.25, 0.3) is 0 Å². The van der Waals surface area contributed by atoms with Crippen molar-refractivity contribution in [3.05, 3.63) is 65.7 Å². The number of hydrogen-bond donors (Lipinski definition) is 13. The number of carbonyl (C=O) groups excluding carboxylic acids is 11. The molecule has 2 fully saturated rings. The van der Waals surface area contributed by atoms with Crippen molar-refractivity contribution >= 4 is 92.5 Å². The summed E-state index contributed by atoms with van der Waals surface area (Å²) in [6, 6.07) is 4.12. The minimum atomic E-state index is -1.81. The van der Waals surface area contributed by atoms with Gasteiger partial charge in [0.05, 0.1) is 19.4 Å². The van der Waals surface area contributed by atoms with Gasteiger partial charge in [0.2, 0.25) is 65.0 Å². The van der Waals surface area contributed by atoms with Crippen molar-refractivity contribution in [3.8, 4) is 5.75 Å². The lowest BCUT2D eigenvalue weighted by Gasteiger charge is -2.30. The molecular weight excluding hydrogens is 993 g/mol. The van der Waals surface area contributed by atoms with Gasteiger partial charge in [0.25, 0.3) is 0 Å². The normalized spacial score (nSPS) is 21.9. The van der Waals surface area contributed by atoms with E-state index in [-0.39, 0.29) is 74.8 Å². The zero-order valence-corrected chi connectivity index (χ0v) is 41.3. The number of hydrogen-bond acceptors (Lipinski definition) is 15. The topological polar surface area (TPSA) is 438 Å². The number of guanidine groups is 1. The molecule has 18 N–H and O–H groups in total. The maximum absolute atomic E-state index is 14.5. The van der Waals surface area contributed by atoms with Gasteiger partial charge in [0, 0.05) is 43.9 Å². The van der Waals surface area contributed by atoms with E-state index < -0.39 is 127 Å². The first-order chi connectivity index (χ1) is 34.7. The Morgan fingerprint density at radius 2 is 1.27 bits per heavy atom. The van der Waals surface area contributed by atoms with Crippen LogP contribution in [-0.4, -0.2) is 154 Å². The van der Waals surface area contributed by atoms with E-state index in [2.05, 4.69) is 42.2 Å². The van der Waals surface area contributed by atoms with Gasteiger partial charge in [0.15, 0.2) is 5.96 Å². The lowest BCUT2D eigenvalue weighted by atomic mass is 10.0. The number of nitrogens with one attached hydrogen (secondary N) is 7. The van der Waals surface area contributed by atoms with Gasteiger partial charge in [-0.15, -0.1) is 0 Å². The number of likely N-dealkylation sites (tertiary alicyclic amines) is 1. The van der Waals surface area contributed by atoms with Gasteiger partial charge in [-0.3, -0.25) is 57.7 Å². The summed E-state index contributed by atoms with van der Waals surface area (Å²) >= 11 is 0. The van der Waals surface area contributed by atoms with Crippen LogP contribution in [0, 0.1) is 0 Å². The second kappa shape index (κ2) is 29.0. The molecule has 2 aromatic rings. The molecule has 396 valence electrons. The zero-order chi connectivity index (χ0) is 53.6. The molecule has 73 heavy (non-hydrogen) atoms.